The molecule has 1 N–H and O–H groups in total. The Labute approximate surface area is 99.6 Å². The summed E-state index contributed by atoms with van der Waals surface area (Å²) in [5.41, 5.74) is 0.561. The summed E-state index contributed by atoms with van der Waals surface area (Å²) in [6.07, 6.45) is 0. The first-order valence-electron chi connectivity index (χ1n) is 4.60. The molecule has 1 aromatic rings. The highest BCUT2D eigenvalue weighted by molar-refractivity contribution is 9.10. The van der Waals surface area contributed by atoms with Crippen molar-refractivity contribution >= 4 is 27.9 Å². The van der Waals surface area contributed by atoms with Crippen molar-refractivity contribution < 1.29 is 14.0 Å². The van der Waals surface area contributed by atoms with Crippen molar-refractivity contribution in [2.45, 2.75) is 6.54 Å². The van der Waals surface area contributed by atoms with Crippen molar-refractivity contribution in [1.29, 1.82) is 0 Å². The molecule has 1 fully saturated rings. The van der Waals surface area contributed by atoms with Crippen molar-refractivity contribution in [3.63, 3.8) is 0 Å². The van der Waals surface area contributed by atoms with E-state index in [2.05, 4.69) is 21.2 Å². The lowest BCUT2D eigenvalue weighted by atomic mass is 10.2. The molecular formula is C10H8BrFN2O2. The molecule has 0 radical (unpaired) electrons. The minimum absolute atomic E-state index is 0.00572. The molecule has 2 rings (SSSR count). The molecule has 1 aromatic carbocycles. The van der Waals surface area contributed by atoms with E-state index in [4.69, 9.17) is 0 Å². The summed E-state index contributed by atoms with van der Waals surface area (Å²) < 4.78 is 13.5. The Morgan fingerprint density at radius 2 is 2.19 bits per heavy atom. The second kappa shape index (κ2) is 4.21. The predicted molar refractivity (Wildman–Crippen MR) is 58.0 cm³/mol. The fourth-order valence-electron chi connectivity index (χ4n) is 1.46. The summed E-state index contributed by atoms with van der Waals surface area (Å²) in [5, 5.41) is 2.40. The average molecular weight is 287 g/mol. The minimum Gasteiger partial charge on any atom is -0.329 e. The Kier molecular flexibility index (Phi) is 2.91. The third-order valence-electron chi connectivity index (χ3n) is 2.30. The molecule has 0 saturated carbocycles. The van der Waals surface area contributed by atoms with Gasteiger partial charge in [-0.1, -0.05) is 12.1 Å². The van der Waals surface area contributed by atoms with Crippen LogP contribution < -0.4 is 5.32 Å². The molecular weight excluding hydrogens is 279 g/mol. The first-order valence-corrected chi connectivity index (χ1v) is 5.40. The van der Waals surface area contributed by atoms with Gasteiger partial charge in [0.2, 0.25) is 5.91 Å². The lowest BCUT2D eigenvalue weighted by molar-refractivity contribution is -0.125. The number of nitrogens with zero attached hydrogens (tertiary/aromatic N) is 1. The molecule has 0 atom stereocenters. The van der Waals surface area contributed by atoms with Gasteiger partial charge in [-0.05, 0) is 27.6 Å². The van der Waals surface area contributed by atoms with Gasteiger partial charge in [0.25, 0.3) is 0 Å². The van der Waals surface area contributed by atoms with E-state index in [-0.39, 0.29) is 23.5 Å². The standard InChI is InChI=1S/C10H8BrFN2O2/c11-9-6(2-1-3-7(9)12)5-14-8(15)4-13-10(14)16/h1-3H,4-5H2,(H,13,16). The zero-order valence-electron chi connectivity index (χ0n) is 8.17. The predicted octanol–water partition coefficient (Wildman–Crippen LogP) is 1.64. The Morgan fingerprint density at radius 3 is 2.81 bits per heavy atom. The van der Waals surface area contributed by atoms with Gasteiger partial charge in [-0.2, -0.15) is 0 Å². The van der Waals surface area contributed by atoms with Gasteiger partial charge in [-0.15, -0.1) is 0 Å². The van der Waals surface area contributed by atoms with Crippen molar-refractivity contribution in [3.8, 4) is 0 Å². The van der Waals surface area contributed by atoms with Crippen molar-refractivity contribution in [3.05, 3.63) is 34.1 Å². The second-order valence-electron chi connectivity index (χ2n) is 3.35. The molecule has 4 nitrogen and oxygen atoms in total. The number of hydrogen-bond acceptors (Lipinski definition) is 2. The summed E-state index contributed by atoms with van der Waals surface area (Å²) in [6, 6.07) is 4.06. The van der Waals surface area contributed by atoms with Crippen LogP contribution in [0.2, 0.25) is 0 Å². The number of imide groups is 1. The summed E-state index contributed by atoms with van der Waals surface area (Å²) in [5.74, 6) is -0.717. The maximum absolute atomic E-state index is 13.2. The number of halogens is 2. The van der Waals surface area contributed by atoms with E-state index < -0.39 is 11.8 Å². The molecule has 1 saturated heterocycles. The van der Waals surface area contributed by atoms with Crippen LogP contribution in [0.5, 0.6) is 0 Å². The highest BCUT2D eigenvalue weighted by Gasteiger charge is 2.28. The number of urea groups is 1. The van der Waals surface area contributed by atoms with Crippen LogP contribution in [-0.2, 0) is 11.3 Å². The maximum atomic E-state index is 13.2. The zero-order valence-corrected chi connectivity index (χ0v) is 9.75. The summed E-state index contributed by atoms with van der Waals surface area (Å²) in [6.45, 7) is 0.0782. The number of carbonyl (C=O) groups is 2. The van der Waals surface area contributed by atoms with Gasteiger partial charge < -0.3 is 5.32 Å². The fourth-order valence-corrected chi connectivity index (χ4v) is 1.85. The van der Waals surface area contributed by atoms with E-state index in [9.17, 15) is 14.0 Å². The normalized spacial score (nSPS) is 15.5. The zero-order chi connectivity index (χ0) is 11.7. The molecule has 84 valence electrons. The Balaban J connectivity index is 2.24. The Bertz CT molecular complexity index is 448. The molecule has 1 aliphatic heterocycles. The van der Waals surface area contributed by atoms with Crippen molar-refractivity contribution in [2.24, 2.45) is 0 Å². The third-order valence-corrected chi connectivity index (χ3v) is 3.19. The van der Waals surface area contributed by atoms with E-state index in [1.54, 1.807) is 6.07 Å². The van der Waals surface area contributed by atoms with E-state index in [1.807, 2.05) is 0 Å². The topological polar surface area (TPSA) is 49.4 Å². The SMILES string of the molecule is O=C1CNC(=O)N1Cc1cccc(F)c1Br. The van der Waals surface area contributed by atoms with Crippen LogP contribution in [0.4, 0.5) is 9.18 Å². The van der Waals surface area contributed by atoms with Gasteiger partial charge >= 0.3 is 6.03 Å². The van der Waals surface area contributed by atoms with Gasteiger partial charge in [0, 0.05) is 0 Å². The molecule has 0 bridgehead atoms. The molecule has 3 amide bonds. The van der Waals surface area contributed by atoms with Crippen LogP contribution in [0.3, 0.4) is 0 Å². The number of amides is 3. The van der Waals surface area contributed by atoms with Gasteiger partial charge in [0.15, 0.2) is 0 Å². The first kappa shape index (κ1) is 11.1. The third kappa shape index (κ3) is 1.92. The fraction of sp³-hybridized carbons (Fsp3) is 0.200. The first-order chi connectivity index (χ1) is 7.59. The molecule has 6 heteroatoms. The second-order valence-corrected chi connectivity index (χ2v) is 4.14. The number of carbonyl (C=O) groups excluding carboxylic acids is 2. The molecule has 0 aliphatic carbocycles. The molecule has 1 aliphatic rings. The lowest BCUT2D eigenvalue weighted by Gasteiger charge is -2.13. The number of benzene rings is 1. The van der Waals surface area contributed by atoms with E-state index >= 15 is 0 Å². The monoisotopic (exact) mass is 286 g/mol. The molecule has 0 spiro atoms. The highest BCUT2D eigenvalue weighted by Crippen LogP contribution is 2.22. The maximum Gasteiger partial charge on any atom is 0.324 e. The van der Waals surface area contributed by atoms with Crippen molar-refractivity contribution in [1.82, 2.24) is 10.2 Å². The Hall–Kier alpha value is -1.43. The molecule has 0 aromatic heterocycles. The van der Waals surface area contributed by atoms with Crippen LogP contribution in [0.15, 0.2) is 22.7 Å². The van der Waals surface area contributed by atoms with E-state index in [1.165, 1.54) is 12.1 Å². The Morgan fingerprint density at radius 1 is 1.44 bits per heavy atom. The smallest absolute Gasteiger partial charge is 0.324 e. The van der Waals surface area contributed by atoms with Gasteiger partial charge in [0.05, 0.1) is 17.6 Å². The van der Waals surface area contributed by atoms with Gasteiger partial charge in [0.1, 0.15) is 5.82 Å². The van der Waals surface area contributed by atoms with Gasteiger partial charge in [-0.3, -0.25) is 9.69 Å². The van der Waals surface area contributed by atoms with Crippen LogP contribution in [-0.4, -0.2) is 23.4 Å². The number of nitrogens with one attached hydrogen (secondary N) is 1. The van der Waals surface area contributed by atoms with Crippen molar-refractivity contribution in [2.75, 3.05) is 6.54 Å². The van der Waals surface area contributed by atoms with Crippen LogP contribution >= 0.6 is 15.9 Å². The summed E-state index contributed by atoms with van der Waals surface area (Å²) in [7, 11) is 0. The van der Waals surface area contributed by atoms with E-state index in [0.29, 0.717) is 5.56 Å². The van der Waals surface area contributed by atoms with Crippen LogP contribution in [0, 0.1) is 5.82 Å². The largest absolute Gasteiger partial charge is 0.329 e. The highest BCUT2D eigenvalue weighted by atomic mass is 79.9. The summed E-state index contributed by atoms with van der Waals surface area (Å²) >= 11 is 3.08. The van der Waals surface area contributed by atoms with Crippen LogP contribution in [0.25, 0.3) is 0 Å². The quantitative estimate of drug-likeness (QED) is 0.841. The number of rotatable bonds is 2. The molecule has 16 heavy (non-hydrogen) atoms. The lowest BCUT2D eigenvalue weighted by Crippen LogP contribution is -2.30. The number of hydrogen-bond donors (Lipinski definition) is 1. The summed E-state index contributed by atoms with van der Waals surface area (Å²) in [4.78, 5) is 23.6. The average Bonchev–Trinajstić information content (AvgIpc) is 2.56. The minimum atomic E-state index is -0.443. The molecule has 1 heterocycles. The van der Waals surface area contributed by atoms with E-state index in [0.717, 1.165) is 4.90 Å². The van der Waals surface area contributed by atoms with Gasteiger partial charge in [-0.25, -0.2) is 9.18 Å². The molecule has 0 unspecified atom stereocenters. The van der Waals surface area contributed by atoms with Crippen LogP contribution in [0.1, 0.15) is 5.56 Å².